The Morgan fingerprint density at radius 2 is 2.00 bits per heavy atom. The van der Waals surface area contributed by atoms with Crippen LogP contribution in [0.4, 0.5) is 0 Å². The summed E-state index contributed by atoms with van der Waals surface area (Å²) in [6.45, 7) is 2.47. The van der Waals surface area contributed by atoms with Crippen LogP contribution in [0.15, 0.2) is 20.7 Å². The zero-order chi connectivity index (χ0) is 15.6. The van der Waals surface area contributed by atoms with E-state index in [0.717, 1.165) is 27.2 Å². The molecule has 2 heterocycles. The largest absolute Gasteiger partial charge is 0.380 e. The normalized spacial score (nSPS) is 11.2. The molecule has 0 saturated heterocycles. The molecule has 0 bridgehead atoms. The summed E-state index contributed by atoms with van der Waals surface area (Å²) in [5.41, 5.74) is 0.615. The Labute approximate surface area is 126 Å². The van der Waals surface area contributed by atoms with Crippen LogP contribution in [-0.4, -0.2) is 27.0 Å². The number of hydrogen-bond donors (Lipinski definition) is 0. The summed E-state index contributed by atoms with van der Waals surface area (Å²) in [5.74, 6) is 0.891. The molecule has 0 radical (unpaired) electrons. The molecule has 2 rings (SSSR count). The zero-order valence-electron chi connectivity index (χ0n) is 12.7. The lowest BCUT2D eigenvalue weighted by atomic mass is 10.2. The maximum atomic E-state index is 12.5. The summed E-state index contributed by atoms with van der Waals surface area (Å²) in [4.78, 5) is 29.6. The van der Waals surface area contributed by atoms with Gasteiger partial charge in [0.1, 0.15) is 5.65 Å². The molecule has 0 unspecified atom stereocenters. The highest BCUT2D eigenvalue weighted by atomic mass is 32.2. The van der Waals surface area contributed by atoms with Crippen molar-refractivity contribution >= 4 is 22.8 Å². The molecule has 7 heteroatoms. The van der Waals surface area contributed by atoms with Gasteiger partial charge in [-0.2, -0.15) is 0 Å². The summed E-state index contributed by atoms with van der Waals surface area (Å²) < 4.78 is 7.72. The number of hydrogen-bond acceptors (Lipinski definition) is 5. The van der Waals surface area contributed by atoms with E-state index in [4.69, 9.17) is 4.74 Å². The van der Waals surface area contributed by atoms with Crippen molar-refractivity contribution in [2.45, 2.75) is 24.8 Å². The van der Waals surface area contributed by atoms with Crippen molar-refractivity contribution in [3.8, 4) is 0 Å². The number of thioether (sulfide) groups is 1. The quantitative estimate of drug-likeness (QED) is 0.778. The van der Waals surface area contributed by atoms with Gasteiger partial charge in [-0.25, -0.2) is 9.78 Å². The molecule has 0 atom stereocenters. The van der Waals surface area contributed by atoms with Gasteiger partial charge in [-0.15, -0.1) is 11.8 Å². The highest BCUT2D eigenvalue weighted by Crippen LogP contribution is 2.28. The lowest BCUT2D eigenvalue weighted by Crippen LogP contribution is -2.37. The molecule has 0 spiro atoms. The van der Waals surface area contributed by atoms with Gasteiger partial charge in [-0.3, -0.25) is 13.9 Å². The van der Waals surface area contributed by atoms with Crippen molar-refractivity contribution in [1.82, 2.24) is 14.1 Å². The van der Waals surface area contributed by atoms with Gasteiger partial charge >= 0.3 is 5.69 Å². The number of nitrogens with zero attached hydrogens (tertiary/aromatic N) is 3. The minimum absolute atomic E-state index is 0.308. The van der Waals surface area contributed by atoms with Gasteiger partial charge in [0, 0.05) is 37.9 Å². The molecule has 0 aromatic carbocycles. The summed E-state index contributed by atoms with van der Waals surface area (Å²) in [6.07, 6.45) is 2.68. The van der Waals surface area contributed by atoms with Crippen LogP contribution in [-0.2, 0) is 25.4 Å². The van der Waals surface area contributed by atoms with Crippen molar-refractivity contribution < 1.29 is 4.74 Å². The maximum Gasteiger partial charge on any atom is 0.332 e. The first-order valence-corrected chi connectivity index (χ1v) is 7.70. The predicted octanol–water partition coefficient (Wildman–Crippen LogP) is 1.28. The molecule has 2 aromatic rings. The average molecular weight is 309 g/mol. The van der Waals surface area contributed by atoms with E-state index in [9.17, 15) is 9.59 Å². The van der Waals surface area contributed by atoms with Gasteiger partial charge < -0.3 is 4.74 Å². The maximum absolute atomic E-state index is 12.5. The molecule has 114 valence electrons. The highest BCUT2D eigenvalue weighted by molar-refractivity contribution is 7.99. The van der Waals surface area contributed by atoms with E-state index in [1.807, 2.05) is 0 Å². The number of ether oxygens (including phenoxy) is 1. The van der Waals surface area contributed by atoms with Crippen molar-refractivity contribution in [1.29, 1.82) is 0 Å². The summed E-state index contributed by atoms with van der Waals surface area (Å²) >= 11 is 1.61. The van der Waals surface area contributed by atoms with E-state index in [0.29, 0.717) is 17.6 Å². The number of fused-ring (bicyclic) bond motifs is 1. The molecule has 0 fully saturated rings. The van der Waals surface area contributed by atoms with Crippen molar-refractivity contribution in [2.75, 3.05) is 12.9 Å². The van der Waals surface area contributed by atoms with Crippen LogP contribution in [0.2, 0.25) is 0 Å². The molecule has 0 amide bonds. The molecular weight excluding hydrogens is 290 g/mol. The standard InChI is InChI=1S/C14H19N3O3S/c1-5-6-21-11-9(8-20-4)7-15-12-10(11)13(18)17(3)14(19)16(12)2/h7H,5-6,8H2,1-4H3. The molecule has 21 heavy (non-hydrogen) atoms. The Balaban J connectivity index is 2.87. The topological polar surface area (TPSA) is 66.1 Å². The van der Waals surface area contributed by atoms with Crippen molar-refractivity contribution in [3.63, 3.8) is 0 Å². The fraction of sp³-hybridized carbons (Fsp3) is 0.500. The number of rotatable bonds is 5. The van der Waals surface area contributed by atoms with E-state index in [1.165, 1.54) is 11.6 Å². The Morgan fingerprint density at radius 3 is 2.62 bits per heavy atom. The Hall–Kier alpha value is -1.60. The van der Waals surface area contributed by atoms with Gasteiger partial charge in [0.15, 0.2) is 0 Å². The van der Waals surface area contributed by atoms with Crippen LogP contribution in [0.5, 0.6) is 0 Å². The second-order valence-electron chi connectivity index (χ2n) is 4.80. The predicted molar refractivity (Wildman–Crippen MR) is 84.0 cm³/mol. The van der Waals surface area contributed by atoms with E-state index in [1.54, 1.807) is 32.1 Å². The Kier molecular flexibility index (Phi) is 4.84. The molecule has 6 nitrogen and oxygen atoms in total. The van der Waals surface area contributed by atoms with E-state index < -0.39 is 0 Å². The SMILES string of the molecule is CCCSc1c(COC)cnc2c1c(=O)n(C)c(=O)n2C. The van der Waals surface area contributed by atoms with Crippen LogP contribution in [0.3, 0.4) is 0 Å². The third-order valence-corrected chi connectivity index (χ3v) is 4.61. The summed E-state index contributed by atoms with van der Waals surface area (Å²) in [6, 6.07) is 0. The van der Waals surface area contributed by atoms with Crippen LogP contribution >= 0.6 is 11.8 Å². The first-order chi connectivity index (χ1) is 10.0. The molecule has 0 saturated carbocycles. The third kappa shape index (κ3) is 2.75. The summed E-state index contributed by atoms with van der Waals surface area (Å²) in [5, 5.41) is 0.493. The van der Waals surface area contributed by atoms with Gasteiger partial charge in [-0.1, -0.05) is 6.92 Å². The number of aromatic nitrogens is 3. The van der Waals surface area contributed by atoms with E-state index >= 15 is 0 Å². The molecule has 2 aromatic heterocycles. The van der Waals surface area contributed by atoms with Gasteiger partial charge in [0.2, 0.25) is 0 Å². The van der Waals surface area contributed by atoms with E-state index in [-0.39, 0.29) is 11.2 Å². The summed E-state index contributed by atoms with van der Waals surface area (Å²) in [7, 11) is 4.72. The second-order valence-corrected chi connectivity index (χ2v) is 5.90. The number of methoxy groups -OCH3 is 1. The van der Waals surface area contributed by atoms with Gasteiger partial charge in [0.05, 0.1) is 12.0 Å². The monoisotopic (exact) mass is 309 g/mol. The van der Waals surface area contributed by atoms with Crippen LogP contribution < -0.4 is 11.2 Å². The molecule has 0 N–H and O–H groups in total. The minimum Gasteiger partial charge on any atom is -0.380 e. The van der Waals surface area contributed by atoms with Crippen LogP contribution in [0.1, 0.15) is 18.9 Å². The van der Waals surface area contributed by atoms with E-state index in [2.05, 4.69) is 11.9 Å². The zero-order valence-corrected chi connectivity index (χ0v) is 13.5. The van der Waals surface area contributed by atoms with Gasteiger partial charge in [0.25, 0.3) is 5.56 Å². The fourth-order valence-corrected chi connectivity index (χ4v) is 3.20. The third-order valence-electron chi connectivity index (χ3n) is 3.25. The van der Waals surface area contributed by atoms with Crippen molar-refractivity contribution in [3.05, 3.63) is 32.6 Å². The average Bonchev–Trinajstić information content (AvgIpc) is 2.49. The second kappa shape index (κ2) is 6.44. The van der Waals surface area contributed by atoms with Crippen molar-refractivity contribution in [2.24, 2.45) is 14.1 Å². The number of pyridine rings is 1. The molecular formula is C14H19N3O3S. The van der Waals surface area contributed by atoms with Crippen LogP contribution in [0, 0.1) is 0 Å². The molecule has 0 aliphatic heterocycles. The fourth-order valence-electron chi connectivity index (χ4n) is 2.17. The Bertz CT molecular complexity index is 780. The minimum atomic E-state index is -0.370. The lowest BCUT2D eigenvalue weighted by Gasteiger charge is -2.13. The first-order valence-electron chi connectivity index (χ1n) is 6.72. The lowest BCUT2D eigenvalue weighted by molar-refractivity contribution is 0.183. The van der Waals surface area contributed by atoms with Crippen LogP contribution in [0.25, 0.3) is 11.0 Å². The highest BCUT2D eigenvalue weighted by Gasteiger charge is 2.17. The smallest absolute Gasteiger partial charge is 0.332 e. The Morgan fingerprint density at radius 1 is 1.29 bits per heavy atom. The number of aryl methyl sites for hydroxylation is 1. The van der Waals surface area contributed by atoms with Gasteiger partial charge in [-0.05, 0) is 12.2 Å². The molecule has 0 aliphatic carbocycles. The first kappa shape index (κ1) is 15.8. The molecule has 0 aliphatic rings.